The molecule has 1 amide bonds. The molecule has 0 atom stereocenters. The van der Waals surface area contributed by atoms with Crippen molar-refractivity contribution in [2.45, 2.75) is 0 Å². The van der Waals surface area contributed by atoms with Crippen LogP contribution >= 0.6 is 12.2 Å². The second-order valence-electron chi connectivity index (χ2n) is 2.80. The van der Waals surface area contributed by atoms with Gasteiger partial charge in [-0.15, -0.1) is 0 Å². The number of carbonyl (C=O) groups is 1. The number of rotatable bonds is 4. The number of nitrogens with zero attached hydrogens (tertiary/aromatic N) is 1. The normalized spacial score (nSPS) is 9.40. The Balaban J connectivity index is 2.66. The second kappa shape index (κ2) is 5.26. The fourth-order valence-electron chi connectivity index (χ4n) is 0.930. The molecule has 0 unspecified atom stereocenters. The van der Waals surface area contributed by atoms with Crippen LogP contribution in [-0.4, -0.2) is 29.5 Å². The molecule has 0 aliphatic carbocycles. The summed E-state index contributed by atoms with van der Waals surface area (Å²) in [5.41, 5.74) is 5.96. The number of amides is 1. The summed E-state index contributed by atoms with van der Waals surface area (Å²) in [6.07, 6.45) is 0. The molecule has 0 spiro atoms. The zero-order chi connectivity index (χ0) is 11.3. The molecule has 4 N–H and O–H groups in total. The van der Waals surface area contributed by atoms with Crippen LogP contribution in [-0.2, 0) is 4.79 Å². The van der Waals surface area contributed by atoms with Gasteiger partial charge in [0.1, 0.15) is 10.8 Å². The standard InChI is InChI=1S/C9H12N4OS/c1-11-8(14)5-12-7-4-2-3-6(13-7)9(10)15/h2-4H,5H2,1H3,(H2,10,15)(H,11,14)(H,12,13). The number of nitrogens with one attached hydrogen (secondary N) is 2. The zero-order valence-corrected chi connectivity index (χ0v) is 9.10. The first kappa shape index (κ1) is 11.4. The van der Waals surface area contributed by atoms with Gasteiger partial charge >= 0.3 is 0 Å². The van der Waals surface area contributed by atoms with E-state index >= 15 is 0 Å². The minimum Gasteiger partial charge on any atom is -0.388 e. The van der Waals surface area contributed by atoms with Crippen LogP contribution in [0.25, 0.3) is 0 Å². The van der Waals surface area contributed by atoms with E-state index in [4.69, 9.17) is 18.0 Å². The highest BCUT2D eigenvalue weighted by Crippen LogP contribution is 2.03. The maximum absolute atomic E-state index is 11.0. The Morgan fingerprint density at radius 3 is 2.93 bits per heavy atom. The summed E-state index contributed by atoms with van der Waals surface area (Å²) in [4.78, 5) is 15.3. The molecule has 1 aromatic heterocycles. The van der Waals surface area contributed by atoms with Gasteiger partial charge in [0.15, 0.2) is 0 Å². The topological polar surface area (TPSA) is 80.0 Å². The van der Waals surface area contributed by atoms with E-state index in [1.165, 1.54) is 0 Å². The summed E-state index contributed by atoms with van der Waals surface area (Å²) < 4.78 is 0. The van der Waals surface area contributed by atoms with Gasteiger partial charge in [-0.2, -0.15) is 0 Å². The van der Waals surface area contributed by atoms with Crippen molar-refractivity contribution in [1.29, 1.82) is 0 Å². The van der Waals surface area contributed by atoms with Gasteiger partial charge in [-0.25, -0.2) is 4.98 Å². The minimum absolute atomic E-state index is 0.113. The van der Waals surface area contributed by atoms with E-state index in [0.717, 1.165) is 0 Å². The molecule has 0 radical (unpaired) electrons. The summed E-state index contributed by atoms with van der Waals surface area (Å²) in [7, 11) is 1.57. The molecule has 0 aromatic carbocycles. The average Bonchev–Trinajstić information content (AvgIpc) is 2.26. The Labute approximate surface area is 93.1 Å². The van der Waals surface area contributed by atoms with Gasteiger partial charge in [0.05, 0.1) is 12.2 Å². The predicted molar refractivity (Wildman–Crippen MR) is 62.7 cm³/mol. The second-order valence-corrected chi connectivity index (χ2v) is 3.24. The first-order chi connectivity index (χ1) is 7.13. The third kappa shape index (κ3) is 3.51. The molecule has 0 bridgehead atoms. The van der Waals surface area contributed by atoms with Gasteiger partial charge in [0.2, 0.25) is 5.91 Å². The molecule has 6 heteroatoms. The first-order valence-electron chi connectivity index (χ1n) is 4.35. The van der Waals surface area contributed by atoms with Crippen LogP contribution in [0.1, 0.15) is 5.69 Å². The van der Waals surface area contributed by atoms with E-state index in [0.29, 0.717) is 11.5 Å². The number of anilines is 1. The van der Waals surface area contributed by atoms with Crippen molar-refractivity contribution in [2.75, 3.05) is 18.9 Å². The third-order valence-electron chi connectivity index (χ3n) is 1.71. The first-order valence-corrected chi connectivity index (χ1v) is 4.75. The predicted octanol–water partition coefficient (Wildman–Crippen LogP) is -0.126. The Morgan fingerprint density at radius 1 is 1.60 bits per heavy atom. The number of hydrogen-bond donors (Lipinski definition) is 3. The van der Waals surface area contributed by atoms with Crippen molar-refractivity contribution in [1.82, 2.24) is 10.3 Å². The van der Waals surface area contributed by atoms with Crippen molar-refractivity contribution < 1.29 is 4.79 Å². The molecule has 1 rings (SSSR count). The van der Waals surface area contributed by atoms with Crippen molar-refractivity contribution in [3.8, 4) is 0 Å². The number of carbonyl (C=O) groups excluding carboxylic acids is 1. The highest BCUT2D eigenvalue weighted by Gasteiger charge is 2.01. The van der Waals surface area contributed by atoms with Gasteiger partial charge in [-0.1, -0.05) is 18.3 Å². The number of pyridine rings is 1. The van der Waals surface area contributed by atoms with E-state index in [9.17, 15) is 4.79 Å². The maximum atomic E-state index is 11.0. The Bertz CT molecular complexity index is 380. The van der Waals surface area contributed by atoms with Gasteiger partial charge in [0.25, 0.3) is 0 Å². The molecule has 0 saturated carbocycles. The van der Waals surface area contributed by atoms with Crippen molar-refractivity contribution in [3.05, 3.63) is 23.9 Å². The van der Waals surface area contributed by atoms with Crippen LogP contribution in [0.4, 0.5) is 5.82 Å². The number of hydrogen-bond acceptors (Lipinski definition) is 4. The van der Waals surface area contributed by atoms with Crippen molar-refractivity contribution in [3.63, 3.8) is 0 Å². The van der Waals surface area contributed by atoms with E-state index in [1.807, 2.05) is 0 Å². The molecule has 5 nitrogen and oxygen atoms in total. The van der Waals surface area contributed by atoms with Crippen LogP contribution in [0, 0.1) is 0 Å². The average molecular weight is 224 g/mol. The molecule has 0 aliphatic heterocycles. The molecule has 0 aliphatic rings. The SMILES string of the molecule is CNC(=O)CNc1cccc(C(N)=S)n1. The molecular formula is C9H12N4OS. The van der Waals surface area contributed by atoms with Gasteiger partial charge in [0, 0.05) is 7.05 Å². The van der Waals surface area contributed by atoms with Crippen LogP contribution in [0.5, 0.6) is 0 Å². The van der Waals surface area contributed by atoms with E-state index in [-0.39, 0.29) is 17.4 Å². The summed E-state index contributed by atoms with van der Waals surface area (Å²) in [6, 6.07) is 5.23. The van der Waals surface area contributed by atoms with Crippen molar-refractivity contribution >= 4 is 28.9 Å². The Kier molecular flexibility index (Phi) is 3.99. The summed E-state index contributed by atoms with van der Waals surface area (Å²) in [5, 5.41) is 5.35. The quantitative estimate of drug-likeness (QED) is 0.621. The molecule has 80 valence electrons. The monoisotopic (exact) mass is 224 g/mol. The van der Waals surface area contributed by atoms with E-state index in [2.05, 4.69) is 15.6 Å². The summed E-state index contributed by atoms with van der Waals surface area (Å²) >= 11 is 4.79. The van der Waals surface area contributed by atoms with Crippen LogP contribution in [0.2, 0.25) is 0 Å². The van der Waals surface area contributed by atoms with Crippen LogP contribution in [0.3, 0.4) is 0 Å². The molecule has 0 fully saturated rings. The summed E-state index contributed by atoms with van der Waals surface area (Å²) in [5.74, 6) is 0.460. The highest BCUT2D eigenvalue weighted by molar-refractivity contribution is 7.80. The van der Waals surface area contributed by atoms with Gasteiger partial charge in [-0.3, -0.25) is 4.79 Å². The fourth-order valence-corrected chi connectivity index (χ4v) is 1.04. The zero-order valence-electron chi connectivity index (χ0n) is 8.28. The van der Waals surface area contributed by atoms with Gasteiger partial charge in [-0.05, 0) is 12.1 Å². The number of likely N-dealkylation sites (N-methyl/N-ethyl adjacent to an activating group) is 1. The van der Waals surface area contributed by atoms with Crippen LogP contribution < -0.4 is 16.4 Å². The van der Waals surface area contributed by atoms with Crippen LogP contribution in [0.15, 0.2) is 18.2 Å². The highest BCUT2D eigenvalue weighted by atomic mass is 32.1. The minimum atomic E-state index is -0.113. The van der Waals surface area contributed by atoms with E-state index in [1.54, 1.807) is 25.2 Å². The molecular weight excluding hydrogens is 212 g/mol. The lowest BCUT2D eigenvalue weighted by Crippen LogP contribution is -2.26. The third-order valence-corrected chi connectivity index (χ3v) is 1.92. The molecule has 1 heterocycles. The largest absolute Gasteiger partial charge is 0.388 e. The lowest BCUT2D eigenvalue weighted by Gasteiger charge is -2.05. The lowest BCUT2D eigenvalue weighted by molar-refractivity contribution is -0.118. The molecule has 15 heavy (non-hydrogen) atoms. The Morgan fingerprint density at radius 2 is 2.33 bits per heavy atom. The smallest absolute Gasteiger partial charge is 0.239 e. The Hall–Kier alpha value is -1.69. The van der Waals surface area contributed by atoms with Gasteiger partial charge < -0.3 is 16.4 Å². The lowest BCUT2D eigenvalue weighted by atomic mass is 10.3. The number of nitrogens with two attached hydrogens (primary N) is 1. The fraction of sp³-hybridized carbons (Fsp3) is 0.222. The number of aromatic nitrogens is 1. The molecule has 1 aromatic rings. The maximum Gasteiger partial charge on any atom is 0.239 e. The van der Waals surface area contributed by atoms with E-state index < -0.39 is 0 Å². The van der Waals surface area contributed by atoms with Crippen molar-refractivity contribution in [2.24, 2.45) is 5.73 Å². The number of thiocarbonyl (C=S) groups is 1. The molecule has 0 saturated heterocycles. The summed E-state index contributed by atoms with van der Waals surface area (Å²) in [6.45, 7) is 0.171.